The number of carboxylic acid groups (broad SMARTS) is 1. The number of benzene rings is 3. The van der Waals surface area contributed by atoms with Gasteiger partial charge in [0.15, 0.2) is 0 Å². The molecular formula is C32H31F3N4O8S. The number of hydrogen-bond acceptors (Lipinski definition) is 8. The molecule has 3 aromatic carbocycles. The second-order valence-electron chi connectivity index (χ2n) is 10.9. The van der Waals surface area contributed by atoms with E-state index < -0.39 is 39.5 Å². The zero-order chi connectivity index (χ0) is 35.1. The number of aliphatic carboxylic acids is 1. The number of hydrogen-bond donors (Lipinski definition) is 4. The van der Waals surface area contributed by atoms with E-state index in [0.717, 1.165) is 22.2 Å². The number of para-hydroxylation sites is 1. The number of nitrogens with zero attached hydrogens (tertiary/aromatic N) is 2. The molecule has 0 saturated carbocycles. The molecule has 1 atom stereocenters. The maximum absolute atomic E-state index is 13.3. The van der Waals surface area contributed by atoms with Crippen LogP contribution in [0.5, 0.6) is 5.75 Å². The first kappa shape index (κ1) is 35.8. The lowest BCUT2D eigenvalue weighted by Gasteiger charge is -2.30. The third-order valence-corrected chi connectivity index (χ3v) is 9.24. The van der Waals surface area contributed by atoms with Gasteiger partial charge < -0.3 is 15.2 Å². The van der Waals surface area contributed by atoms with Gasteiger partial charge in [0, 0.05) is 35.3 Å². The summed E-state index contributed by atoms with van der Waals surface area (Å²) < 4.78 is 65.3. The van der Waals surface area contributed by atoms with Crippen LogP contribution in [0.2, 0.25) is 0 Å². The van der Waals surface area contributed by atoms with Crippen molar-refractivity contribution in [1.29, 1.82) is 0 Å². The molecule has 1 aliphatic heterocycles. The molecule has 4 N–H and O–H groups in total. The van der Waals surface area contributed by atoms with E-state index in [4.69, 9.17) is 19.8 Å². The zero-order valence-corrected chi connectivity index (χ0v) is 26.2. The van der Waals surface area contributed by atoms with Crippen LogP contribution < -0.4 is 15.5 Å². The Labute approximate surface area is 273 Å². The Balaban J connectivity index is 0.000000671. The Hall–Kier alpha value is -5.06. The lowest BCUT2D eigenvalue weighted by Crippen LogP contribution is -2.53. The molecule has 1 aliphatic rings. The first-order chi connectivity index (χ1) is 22.6. The van der Waals surface area contributed by atoms with E-state index in [-0.39, 0.29) is 30.8 Å². The van der Waals surface area contributed by atoms with Gasteiger partial charge in [0.2, 0.25) is 15.9 Å². The molecule has 12 nitrogen and oxygen atoms in total. The van der Waals surface area contributed by atoms with Gasteiger partial charge in [-0.1, -0.05) is 36.4 Å². The molecule has 5 rings (SSSR count). The number of ether oxygens (including phenoxy) is 1. The fourth-order valence-corrected chi connectivity index (χ4v) is 6.66. The van der Waals surface area contributed by atoms with E-state index in [9.17, 15) is 31.2 Å². The zero-order valence-electron chi connectivity index (χ0n) is 25.4. The maximum atomic E-state index is 13.3. The number of hydroxylamine groups is 1. The summed E-state index contributed by atoms with van der Waals surface area (Å²) in [5.74, 6) is -3.40. The van der Waals surface area contributed by atoms with Crippen molar-refractivity contribution in [2.24, 2.45) is 0 Å². The van der Waals surface area contributed by atoms with Gasteiger partial charge in [0.1, 0.15) is 12.4 Å². The number of aryl methyl sites for hydroxylation is 1. The van der Waals surface area contributed by atoms with Crippen LogP contribution in [0, 0.1) is 6.92 Å². The Morgan fingerprint density at radius 2 is 1.62 bits per heavy atom. The van der Waals surface area contributed by atoms with Crippen LogP contribution in [0.4, 0.5) is 13.2 Å². The minimum absolute atomic E-state index is 0.103. The van der Waals surface area contributed by atoms with Crippen LogP contribution in [-0.2, 0) is 26.2 Å². The molecule has 0 bridgehead atoms. The summed E-state index contributed by atoms with van der Waals surface area (Å²) >= 11 is 0. The van der Waals surface area contributed by atoms with Crippen molar-refractivity contribution >= 4 is 38.7 Å². The van der Waals surface area contributed by atoms with E-state index in [0.29, 0.717) is 17.9 Å². The van der Waals surface area contributed by atoms with Crippen molar-refractivity contribution in [3.63, 3.8) is 0 Å². The maximum Gasteiger partial charge on any atom is 0.490 e. The molecule has 1 saturated heterocycles. The molecule has 254 valence electrons. The van der Waals surface area contributed by atoms with Crippen LogP contribution in [0.15, 0.2) is 89.8 Å². The fraction of sp³-hybridized carbons (Fsp3) is 0.250. The molecule has 48 heavy (non-hydrogen) atoms. The highest BCUT2D eigenvalue weighted by atomic mass is 32.2. The number of carbonyl (C=O) groups is 3. The minimum atomic E-state index is -5.08. The summed E-state index contributed by atoms with van der Waals surface area (Å²) in [6, 6.07) is 24.4. The Bertz CT molecular complexity index is 1890. The van der Waals surface area contributed by atoms with Gasteiger partial charge in [0.25, 0.3) is 5.91 Å². The van der Waals surface area contributed by atoms with Gasteiger partial charge >= 0.3 is 12.1 Å². The highest BCUT2D eigenvalue weighted by Crippen LogP contribution is 2.30. The number of carbonyl (C=O) groups excluding carboxylic acids is 2. The van der Waals surface area contributed by atoms with Gasteiger partial charge in [-0.2, -0.15) is 17.5 Å². The highest BCUT2D eigenvalue weighted by Gasteiger charge is 2.45. The molecule has 2 amide bonds. The van der Waals surface area contributed by atoms with Gasteiger partial charge in [0.05, 0.1) is 22.4 Å². The predicted molar refractivity (Wildman–Crippen MR) is 166 cm³/mol. The third-order valence-electron chi connectivity index (χ3n) is 7.39. The van der Waals surface area contributed by atoms with Gasteiger partial charge in [-0.25, -0.2) is 18.7 Å². The first-order valence-corrected chi connectivity index (χ1v) is 15.8. The van der Waals surface area contributed by atoms with Gasteiger partial charge in [-0.15, -0.1) is 0 Å². The number of alkyl halides is 3. The Kier molecular flexibility index (Phi) is 11.0. The van der Waals surface area contributed by atoms with E-state index in [1.54, 1.807) is 47.9 Å². The Morgan fingerprint density at radius 3 is 2.25 bits per heavy atom. The highest BCUT2D eigenvalue weighted by molar-refractivity contribution is 7.89. The molecule has 1 fully saturated rings. The van der Waals surface area contributed by atoms with Crippen molar-refractivity contribution in [2.45, 2.75) is 43.0 Å². The smallest absolute Gasteiger partial charge is 0.489 e. The van der Waals surface area contributed by atoms with E-state index in [1.807, 2.05) is 37.3 Å². The van der Waals surface area contributed by atoms with Crippen LogP contribution in [0.1, 0.15) is 34.5 Å². The largest absolute Gasteiger partial charge is 0.490 e. The predicted octanol–water partition coefficient (Wildman–Crippen LogP) is 4.21. The van der Waals surface area contributed by atoms with Crippen LogP contribution in [0.25, 0.3) is 10.9 Å². The summed E-state index contributed by atoms with van der Waals surface area (Å²) in [5.41, 5.74) is 3.47. The number of amides is 2. The second kappa shape index (κ2) is 14.8. The summed E-state index contributed by atoms with van der Waals surface area (Å²) in [6.07, 6.45) is -5.19. The van der Waals surface area contributed by atoms with Crippen molar-refractivity contribution in [3.05, 3.63) is 102 Å². The number of aromatic nitrogens is 1. The van der Waals surface area contributed by atoms with Crippen LogP contribution in [0.3, 0.4) is 0 Å². The SMILES string of the molecule is Cc1cc(COc2ccc(C(=O)NC3(CC(=O)NO)CCN(S(=O)(=O)c4ccccc4)C3)cc2)c2ccccc2n1.O=C(O)C(F)(F)F. The molecular weight excluding hydrogens is 657 g/mol. The van der Waals surface area contributed by atoms with Gasteiger partial charge in [-0.3, -0.25) is 19.8 Å². The number of carboxylic acids is 1. The standard InChI is InChI=1S/C30H30N4O6S.C2HF3O2/c1-21-17-23(26-9-5-6-10-27(26)31-21)19-40-24-13-11-22(12-14-24)29(36)32-30(18-28(35)33-37)15-16-34(20-30)41(38,39)25-7-3-2-4-8-25;3-2(4,5)1(6)7/h2-14,17,37H,15-16,18-20H2,1H3,(H,32,36)(H,33,35);(H,6,7). The van der Waals surface area contributed by atoms with E-state index in [2.05, 4.69) is 10.3 Å². The molecule has 1 unspecified atom stereocenters. The van der Waals surface area contributed by atoms with Gasteiger partial charge in [-0.05, 0) is 61.9 Å². The normalized spacial score (nSPS) is 16.4. The lowest BCUT2D eigenvalue weighted by atomic mass is 9.93. The summed E-state index contributed by atoms with van der Waals surface area (Å²) in [7, 11) is -3.84. The number of sulfonamides is 1. The van der Waals surface area contributed by atoms with E-state index in [1.165, 1.54) is 16.4 Å². The molecule has 2 heterocycles. The molecule has 1 aromatic heterocycles. The molecule has 0 spiro atoms. The van der Waals surface area contributed by atoms with Crippen molar-refractivity contribution < 1.29 is 51.0 Å². The summed E-state index contributed by atoms with van der Waals surface area (Å²) in [6.45, 7) is 2.23. The second-order valence-corrected chi connectivity index (χ2v) is 12.8. The first-order valence-electron chi connectivity index (χ1n) is 14.3. The average molecular weight is 689 g/mol. The van der Waals surface area contributed by atoms with Crippen molar-refractivity contribution in [1.82, 2.24) is 20.1 Å². The monoisotopic (exact) mass is 688 g/mol. The summed E-state index contributed by atoms with van der Waals surface area (Å²) in [5, 5.41) is 20.1. The topological polar surface area (TPSA) is 175 Å². The van der Waals surface area contributed by atoms with Crippen molar-refractivity contribution in [3.8, 4) is 5.75 Å². The van der Waals surface area contributed by atoms with E-state index >= 15 is 0 Å². The molecule has 4 aromatic rings. The lowest BCUT2D eigenvalue weighted by molar-refractivity contribution is -0.192. The Morgan fingerprint density at radius 1 is 1.00 bits per heavy atom. The number of pyridine rings is 1. The van der Waals surface area contributed by atoms with Crippen LogP contribution >= 0.6 is 0 Å². The molecule has 0 aliphatic carbocycles. The van der Waals surface area contributed by atoms with Crippen molar-refractivity contribution in [2.75, 3.05) is 13.1 Å². The number of halogens is 3. The summed E-state index contributed by atoms with van der Waals surface area (Å²) in [4.78, 5) is 39.0. The number of nitrogens with one attached hydrogen (secondary N) is 2. The van der Waals surface area contributed by atoms with Crippen LogP contribution in [-0.4, -0.2) is 70.6 Å². The quantitative estimate of drug-likeness (QED) is 0.148. The number of fused-ring (bicyclic) bond motifs is 1. The molecule has 16 heteroatoms. The minimum Gasteiger partial charge on any atom is -0.489 e. The third kappa shape index (κ3) is 8.84. The number of rotatable bonds is 9. The molecule has 0 radical (unpaired) electrons. The fourth-order valence-electron chi connectivity index (χ4n) is 5.11. The average Bonchev–Trinajstić information content (AvgIpc) is 3.48.